The van der Waals surface area contributed by atoms with Crippen LogP contribution >= 0.6 is 11.3 Å². The van der Waals surface area contributed by atoms with Crippen LogP contribution < -0.4 is 16.5 Å². The summed E-state index contributed by atoms with van der Waals surface area (Å²) in [6, 6.07) is 10.8. The molecular weight excluding hydrogens is 340 g/mol. The predicted octanol–water partition coefficient (Wildman–Crippen LogP) is 1.74. The first-order valence-corrected chi connectivity index (χ1v) is 8.80. The van der Waals surface area contributed by atoms with E-state index >= 15 is 0 Å². The third-order valence-electron chi connectivity index (χ3n) is 3.73. The van der Waals surface area contributed by atoms with Crippen molar-refractivity contribution >= 4 is 34.2 Å². The van der Waals surface area contributed by atoms with Crippen LogP contribution in [0.1, 0.15) is 23.0 Å². The van der Waals surface area contributed by atoms with Crippen molar-refractivity contribution in [3.63, 3.8) is 0 Å². The van der Waals surface area contributed by atoms with Gasteiger partial charge >= 0.3 is 5.69 Å². The molecule has 2 N–H and O–H groups in total. The first-order valence-electron chi connectivity index (χ1n) is 7.92. The maximum absolute atomic E-state index is 12.6. The number of carbonyl (C=O) groups excluding carboxylic acids is 2. The van der Waals surface area contributed by atoms with Gasteiger partial charge in [0, 0.05) is 6.54 Å². The zero-order valence-corrected chi connectivity index (χ0v) is 14.5. The molecule has 0 aliphatic carbocycles. The summed E-state index contributed by atoms with van der Waals surface area (Å²) in [5.74, 6) is -0.851. The van der Waals surface area contributed by atoms with E-state index in [1.54, 1.807) is 28.1 Å². The molecule has 0 fully saturated rings. The molecule has 0 saturated carbocycles. The highest BCUT2D eigenvalue weighted by Gasteiger charge is 2.15. The van der Waals surface area contributed by atoms with Crippen LogP contribution in [0.4, 0.5) is 0 Å². The smallest absolute Gasteiger partial charge is 0.292 e. The Morgan fingerprint density at radius 3 is 2.40 bits per heavy atom. The Balaban J connectivity index is 1.76. The number of rotatable bonds is 5. The van der Waals surface area contributed by atoms with E-state index in [4.69, 9.17) is 0 Å². The van der Waals surface area contributed by atoms with E-state index in [0.29, 0.717) is 16.9 Å². The van der Waals surface area contributed by atoms with Gasteiger partial charge in [-0.25, -0.2) is 4.79 Å². The minimum atomic E-state index is -0.466. The van der Waals surface area contributed by atoms with Crippen LogP contribution in [0.5, 0.6) is 0 Å². The Bertz CT molecular complexity index is 956. The molecule has 0 bridgehead atoms. The number of hydrazine groups is 1. The van der Waals surface area contributed by atoms with Crippen LogP contribution in [0.25, 0.3) is 11.0 Å². The summed E-state index contributed by atoms with van der Waals surface area (Å²) >= 11 is 1.28. The molecule has 8 heteroatoms. The molecule has 2 aromatic heterocycles. The molecule has 0 saturated heterocycles. The fourth-order valence-electron chi connectivity index (χ4n) is 2.64. The summed E-state index contributed by atoms with van der Waals surface area (Å²) in [5, 5.41) is 1.78. The lowest BCUT2D eigenvalue weighted by Crippen LogP contribution is -2.44. The zero-order chi connectivity index (χ0) is 17.8. The van der Waals surface area contributed by atoms with Crippen molar-refractivity contribution in [2.75, 3.05) is 0 Å². The molecule has 25 heavy (non-hydrogen) atoms. The average molecular weight is 358 g/mol. The summed E-state index contributed by atoms with van der Waals surface area (Å²) in [7, 11) is 0. The molecule has 0 spiro atoms. The lowest BCUT2D eigenvalue weighted by Gasteiger charge is -2.07. The maximum Gasteiger partial charge on any atom is 0.329 e. The normalized spacial score (nSPS) is 10.8. The molecule has 130 valence electrons. The molecule has 0 atom stereocenters. The lowest BCUT2D eigenvalue weighted by atomic mass is 10.3. The molecule has 2 amide bonds. The summed E-state index contributed by atoms with van der Waals surface area (Å²) in [6.07, 6.45) is 0.816. The van der Waals surface area contributed by atoms with Crippen molar-refractivity contribution in [2.45, 2.75) is 26.4 Å². The monoisotopic (exact) mass is 358 g/mol. The molecule has 3 aromatic rings. The van der Waals surface area contributed by atoms with Crippen LogP contribution in [0, 0.1) is 0 Å². The molecule has 3 rings (SSSR count). The van der Waals surface area contributed by atoms with Gasteiger partial charge in [0.05, 0.1) is 15.9 Å². The van der Waals surface area contributed by atoms with Crippen LogP contribution in [0.3, 0.4) is 0 Å². The van der Waals surface area contributed by atoms with E-state index in [9.17, 15) is 14.4 Å². The van der Waals surface area contributed by atoms with Crippen LogP contribution in [-0.2, 0) is 17.9 Å². The number of para-hydroxylation sites is 2. The molecule has 0 radical (unpaired) electrons. The SMILES string of the molecule is CCCn1c(=O)n(CC(=O)NNC(=O)c2cccs2)c2ccccc21. The molecular formula is C17H18N4O3S. The quantitative estimate of drug-likeness (QED) is 0.681. The summed E-state index contributed by atoms with van der Waals surface area (Å²) < 4.78 is 3.07. The van der Waals surface area contributed by atoms with Gasteiger partial charge in [-0.15, -0.1) is 11.3 Å². The van der Waals surface area contributed by atoms with Gasteiger partial charge in [-0.3, -0.25) is 29.6 Å². The minimum absolute atomic E-state index is 0.166. The fourth-order valence-corrected chi connectivity index (χ4v) is 3.26. The second-order valence-corrected chi connectivity index (χ2v) is 6.44. The number of aromatic nitrogens is 2. The van der Waals surface area contributed by atoms with Gasteiger partial charge in [-0.1, -0.05) is 25.1 Å². The highest BCUT2D eigenvalue weighted by molar-refractivity contribution is 7.12. The summed E-state index contributed by atoms with van der Waals surface area (Å²) in [5.41, 5.74) is 5.96. The van der Waals surface area contributed by atoms with Crippen LogP contribution in [0.2, 0.25) is 0 Å². The molecule has 0 unspecified atom stereocenters. The number of thiophene rings is 1. The molecule has 0 aliphatic heterocycles. The number of nitrogens with one attached hydrogen (secondary N) is 2. The van der Waals surface area contributed by atoms with Crippen LogP contribution in [0.15, 0.2) is 46.6 Å². The number of hydrogen-bond acceptors (Lipinski definition) is 4. The Morgan fingerprint density at radius 2 is 1.76 bits per heavy atom. The topological polar surface area (TPSA) is 85.1 Å². The fraction of sp³-hybridized carbons (Fsp3) is 0.235. The van der Waals surface area contributed by atoms with Gasteiger partial charge in [0.15, 0.2) is 0 Å². The first kappa shape index (κ1) is 17.0. The minimum Gasteiger partial charge on any atom is -0.292 e. The van der Waals surface area contributed by atoms with Crippen molar-refractivity contribution < 1.29 is 9.59 Å². The summed E-state index contributed by atoms with van der Waals surface area (Å²) in [6.45, 7) is 2.41. The van der Waals surface area contributed by atoms with E-state index < -0.39 is 5.91 Å². The predicted molar refractivity (Wildman–Crippen MR) is 96.4 cm³/mol. The van der Waals surface area contributed by atoms with E-state index in [-0.39, 0.29) is 18.1 Å². The number of nitrogens with zero attached hydrogens (tertiary/aromatic N) is 2. The lowest BCUT2D eigenvalue weighted by molar-refractivity contribution is -0.122. The Labute approximate surface area is 147 Å². The average Bonchev–Trinajstić information content (AvgIpc) is 3.23. The number of fused-ring (bicyclic) bond motifs is 1. The van der Waals surface area contributed by atoms with E-state index in [2.05, 4.69) is 10.9 Å². The van der Waals surface area contributed by atoms with Crippen molar-refractivity contribution in [2.24, 2.45) is 0 Å². The van der Waals surface area contributed by atoms with E-state index in [1.807, 2.05) is 25.1 Å². The number of amides is 2. The van der Waals surface area contributed by atoms with Crippen molar-refractivity contribution in [3.8, 4) is 0 Å². The number of hydrogen-bond donors (Lipinski definition) is 2. The molecule has 2 heterocycles. The Morgan fingerprint density at radius 1 is 1.04 bits per heavy atom. The van der Waals surface area contributed by atoms with Gasteiger partial charge in [0.2, 0.25) is 0 Å². The standard InChI is InChI=1S/C17H18N4O3S/c1-2-9-20-12-6-3-4-7-13(12)21(17(20)24)11-15(22)18-19-16(23)14-8-5-10-25-14/h3-8,10H,2,9,11H2,1H3,(H,18,22)(H,19,23). The highest BCUT2D eigenvalue weighted by Crippen LogP contribution is 2.13. The van der Waals surface area contributed by atoms with Gasteiger partial charge in [0.1, 0.15) is 6.54 Å². The van der Waals surface area contributed by atoms with E-state index in [0.717, 1.165) is 11.9 Å². The van der Waals surface area contributed by atoms with Gasteiger partial charge < -0.3 is 0 Å². The largest absolute Gasteiger partial charge is 0.329 e. The first-order chi connectivity index (χ1) is 12.1. The number of benzene rings is 1. The number of aryl methyl sites for hydroxylation is 1. The van der Waals surface area contributed by atoms with E-state index in [1.165, 1.54) is 15.9 Å². The highest BCUT2D eigenvalue weighted by atomic mass is 32.1. The van der Waals surface area contributed by atoms with Gasteiger partial charge in [-0.05, 0) is 30.0 Å². The van der Waals surface area contributed by atoms with Gasteiger partial charge in [-0.2, -0.15) is 0 Å². The maximum atomic E-state index is 12.6. The van der Waals surface area contributed by atoms with Gasteiger partial charge in [0.25, 0.3) is 11.8 Å². The third kappa shape index (κ3) is 3.48. The number of imidazole rings is 1. The van der Waals surface area contributed by atoms with Crippen molar-refractivity contribution in [1.82, 2.24) is 20.0 Å². The second-order valence-electron chi connectivity index (χ2n) is 5.49. The Kier molecular flexibility index (Phi) is 4.99. The number of carbonyl (C=O) groups is 2. The molecule has 0 aliphatic rings. The molecule has 1 aromatic carbocycles. The summed E-state index contributed by atoms with van der Waals surface area (Å²) in [4.78, 5) is 37.1. The van der Waals surface area contributed by atoms with Crippen molar-refractivity contribution in [1.29, 1.82) is 0 Å². The Hall–Kier alpha value is -2.87. The molecule has 7 nitrogen and oxygen atoms in total. The zero-order valence-electron chi connectivity index (χ0n) is 13.7. The van der Waals surface area contributed by atoms with Crippen molar-refractivity contribution in [3.05, 3.63) is 57.1 Å². The third-order valence-corrected chi connectivity index (χ3v) is 4.60. The second kappa shape index (κ2) is 7.35. The van der Waals surface area contributed by atoms with Crippen LogP contribution in [-0.4, -0.2) is 20.9 Å².